The van der Waals surface area contributed by atoms with Gasteiger partial charge in [0.2, 0.25) is 5.24 Å². The molecule has 0 aliphatic heterocycles. The van der Waals surface area contributed by atoms with E-state index >= 15 is 0 Å². The summed E-state index contributed by atoms with van der Waals surface area (Å²) in [5.74, 6) is 2.94. The molecule has 0 aromatic carbocycles. The van der Waals surface area contributed by atoms with Crippen LogP contribution in [0.3, 0.4) is 0 Å². The fraction of sp³-hybridized carbons (Fsp3) is 0.867. The van der Waals surface area contributed by atoms with Crippen molar-refractivity contribution in [3.05, 3.63) is 12.2 Å². The highest BCUT2D eigenvalue weighted by Crippen LogP contribution is 2.77. The first-order valence-corrected chi connectivity index (χ1v) is 14.0. The van der Waals surface area contributed by atoms with Crippen LogP contribution >= 0.6 is 11.6 Å². The van der Waals surface area contributed by atoms with E-state index < -0.39 is 0 Å². The van der Waals surface area contributed by atoms with Gasteiger partial charge < -0.3 is 0 Å². The molecular weight excluding hydrogens is 428 g/mol. The zero-order valence-electron chi connectivity index (χ0n) is 21.9. The Bertz CT molecular complexity index is 905. The van der Waals surface area contributed by atoms with Gasteiger partial charge in [-0.3, -0.25) is 9.59 Å². The molecule has 0 heterocycles. The Labute approximate surface area is 206 Å². The summed E-state index contributed by atoms with van der Waals surface area (Å²) in [5, 5.41) is -0.0752. The summed E-state index contributed by atoms with van der Waals surface area (Å²) in [5.41, 5.74) is 1.42. The number of fused-ring (bicyclic) bond motifs is 7. The second-order valence-electron chi connectivity index (χ2n) is 14.3. The van der Waals surface area contributed by atoms with Gasteiger partial charge in [0, 0.05) is 17.3 Å². The van der Waals surface area contributed by atoms with Gasteiger partial charge in [0.1, 0.15) is 5.78 Å². The van der Waals surface area contributed by atoms with E-state index in [1.54, 1.807) is 0 Å². The number of ketones is 1. The van der Waals surface area contributed by atoms with Crippen molar-refractivity contribution < 1.29 is 9.59 Å². The van der Waals surface area contributed by atoms with Gasteiger partial charge in [-0.05, 0) is 122 Å². The zero-order valence-corrected chi connectivity index (χ0v) is 22.6. The van der Waals surface area contributed by atoms with Crippen LogP contribution in [0.15, 0.2) is 12.2 Å². The van der Waals surface area contributed by atoms with Gasteiger partial charge in [-0.15, -0.1) is 0 Å². The number of halogens is 1. The normalized spacial score (nSPS) is 52.8. The van der Waals surface area contributed by atoms with E-state index in [2.05, 4.69) is 48.1 Å². The molecule has 184 valence electrons. The van der Waals surface area contributed by atoms with Crippen LogP contribution in [0.5, 0.6) is 0 Å². The van der Waals surface area contributed by atoms with Gasteiger partial charge in [0.15, 0.2) is 0 Å². The molecule has 5 rings (SSSR count). The van der Waals surface area contributed by atoms with Gasteiger partial charge in [-0.1, -0.05) is 46.8 Å². The second-order valence-corrected chi connectivity index (χ2v) is 14.6. The third-order valence-corrected chi connectivity index (χ3v) is 13.6. The molecule has 5 aliphatic carbocycles. The van der Waals surface area contributed by atoms with Crippen molar-refractivity contribution in [3.8, 4) is 0 Å². The summed E-state index contributed by atoms with van der Waals surface area (Å²) in [6.45, 7) is 18.7. The van der Waals surface area contributed by atoms with Crippen LogP contribution in [-0.2, 0) is 9.59 Å². The van der Waals surface area contributed by atoms with E-state index in [-0.39, 0.29) is 32.3 Å². The van der Waals surface area contributed by atoms with E-state index in [0.29, 0.717) is 35.4 Å². The molecule has 0 radical (unpaired) electrons. The maximum absolute atomic E-state index is 13.0. The number of hydrogen-bond acceptors (Lipinski definition) is 2. The number of Topliss-reactive ketones (excluding diaryl/α,β-unsaturated/α-hetero) is 1. The molecule has 0 N–H and O–H groups in total. The van der Waals surface area contributed by atoms with E-state index in [1.807, 2.05) is 0 Å². The molecule has 9 atom stereocenters. The van der Waals surface area contributed by atoms with E-state index in [0.717, 1.165) is 38.5 Å². The summed E-state index contributed by atoms with van der Waals surface area (Å²) >= 11 is 6.42. The molecule has 0 unspecified atom stereocenters. The highest BCUT2D eigenvalue weighted by molar-refractivity contribution is 6.64. The summed E-state index contributed by atoms with van der Waals surface area (Å²) in [6, 6.07) is 0. The summed E-state index contributed by atoms with van der Waals surface area (Å²) in [4.78, 5) is 25.9. The minimum absolute atomic E-state index is 0.0752. The van der Waals surface area contributed by atoms with Crippen molar-refractivity contribution in [2.75, 3.05) is 0 Å². The Hall–Kier alpha value is -0.630. The minimum Gasteiger partial charge on any atom is -0.299 e. The number of hydrogen-bond donors (Lipinski definition) is 0. The van der Waals surface area contributed by atoms with Crippen LogP contribution in [0.4, 0.5) is 0 Å². The van der Waals surface area contributed by atoms with E-state index in [9.17, 15) is 9.59 Å². The molecule has 0 saturated heterocycles. The molecule has 0 aromatic heterocycles. The third kappa shape index (κ3) is 2.80. The lowest BCUT2D eigenvalue weighted by molar-refractivity contribution is -0.231. The van der Waals surface area contributed by atoms with Crippen molar-refractivity contribution in [1.82, 2.24) is 0 Å². The lowest BCUT2D eigenvalue weighted by atomic mass is 9.32. The van der Waals surface area contributed by atoms with Crippen LogP contribution in [0.1, 0.15) is 106 Å². The molecule has 0 spiro atoms. The van der Waals surface area contributed by atoms with Crippen molar-refractivity contribution in [3.63, 3.8) is 0 Å². The molecule has 5 saturated carbocycles. The van der Waals surface area contributed by atoms with Gasteiger partial charge >= 0.3 is 0 Å². The average Bonchev–Trinajstić information content (AvgIpc) is 3.13. The zero-order chi connectivity index (χ0) is 24.2. The summed E-state index contributed by atoms with van der Waals surface area (Å²) in [7, 11) is 0. The summed E-state index contributed by atoms with van der Waals surface area (Å²) < 4.78 is 0. The highest BCUT2D eigenvalue weighted by atomic mass is 35.5. The molecule has 3 heteroatoms. The average molecular weight is 473 g/mol. The first-order chi connectivity index (χ1) is 15.3. The molecule has 0 aromatic rings. The Kier molecular flexibility index (Phi) is 5.26. The van der Waals surface area contributed by atoms with Gasteiger partial charge in [-0.25, -0.2) is 0 Å². The molecule has 0 bridgehead atoms. The molecule has 0 amide bonds. The van der Waals surface area contributed by atoms with Crippen molar-refractivity contribution in [1.29, 1.82) is 0 Å². The SMILES string of the molecule is C=C(C)[C@@H]1CC[C@]2(C(=O)Cl)CC[C@]3(C)[C@H](CC[C@@H]4[C@@]5(C)CCC(=O)C(C)(C)[C@@H]5CC[C@]43C)[C@@H]12. The van der Waals surface area contributed by atoms with E-state index in [1.165, 1.54) is 31.3 Å². The maximum Gasteiger partial charge on any atom is 0.228 e. The number of allylic oxidation sites excluding steroid dienone is 1. The van der Waals surface area contributed by atoms with Crippen LogP contribution in [0.25, 0.3) is 0 Å². The first kappa shape index (κ1) is 24.1. The minimum atomic E-state index is -0.334. The fourth-order valence-electron chi connectivity index (χ4n) is 11.3. The molecular formula is C30H45ClO2. The predicted molar refractivity (Wildman–Crippen MR) is 135 cm³/mol. The lowest BCUT2D eigenvalue weighted by Crippen LogP contribution is -2.66. The van der Waals surface area contributed by atoms with Crippen LogP contribution in [0.2, 0.25) is 0 Å². The van der Waals surface area contributed by atoms with Gasteiger partial charge in [-0.2, -0.15) is 0 Å². The van der Waals surface area contributed by atoms with Gasteiger partial charge in [0.05, 0.1) is 0 Å². The molecule has 33 heavy (non-hydrogen) atoms. The van der Waals surface area contributed by atoms with Crippen LogP contribution in [0, 0.1) is 56.7 Å². The molecule has 5 fully saturated rings. The number of carbonyl (C=O) groups is 2. The molecule has 2 nitrogen and oxygen atoms in total. The second kappa shape index (κ2) is 7.21. The lowest BCUT2D eigenvalue weighted by Gasteiger charge is -2.72. The van der Waals surface area contributed by atoms with Crippen molar-refractivity contribution in [2.45, 2.75) is 106 Å². The number of rotatable bonds is 2. The predicted octanol–water partition coefficient (Wildman–Crippen LogP) is 7.98. The maximum atomic E-state index is 13.0. The molecule has 5 aliphatic rings. The van der Waals surface area contributed by atoms with Crippen molar-refractivity contribution in [2.24, 2.45) is 56.7 Å². The highest BCUT2D eigenvalue weighted by Gasteiger charge is 2.71. The van der Waals surface area contributed by atoms with Crippen LogP contribution in [-0.4, -0.2) is 11.0 Å². The number of carbonyl (C=O) groups excluding carboxylic acids is 2. The van der Waals surface area contributed by atoms with Gasteiger partial charge in [0.25, 0.3) is 0 Å². The largest absolute Gasteiger partial charge is 0.299 e. The van der Waals surface area contributed by atoms with E-state index in [4.69, 9.17) is 11.6 Å². The third-order valence-electron chi connectivity index (χ3n) is 13.2. The van der Waals surface area contributed by atoms with Crippen LogP contribution < -0.4 is 0 Å². The monoisotopic (exact) mass is 472 g/mol. The Morgan fingerprint density at radius 1 is 0.879 bits per heavy atom. The standard InChI is InChI=1S/C30H45ClO2/c1-18(2)19-10-15-30(25(31)33)17-16-28(6)20(24(19)30)8-9-22-27(5)13-12-23(32)26(3,4)21(27)11-14-29(22,28)7/h19-22,24H,1,8-17H2,2-7H3/t19-,20+,21-,22+,24+,27-,28+,29+,30-/m0/s1. The quantitative estimate of drug-likeness (QED) is 0.301. The Morgan fingerprint density at radius 3 is 2.21 bits per heavy atom. The fourth-order valence-corrected chi connectivity index (χ4v) is 11.6. The Balaban J connectivity index is 1.57. The topological polar surface area (TPSA) is 34.1 Å². The smallest absolute Gasteiger partial charge is 0.228 e. The summed E-state index contributed by atoms with van der Waals surface area (Å²) in [6.07, 6.45) is 10.7. The first-order valence-electron chi connectivity index (χ1n) is 13.6. The Morgan fingerprint density at radius 2 is 1.58 bits per heavy atom. The van der Waals surface area contributed by atoms with Crippen molar-refractivity contribution >= 4 is 22.6 Å².